The van der Waals surface area contributed by atoms with Crippen LogP contribution in [0.3, 0.4) is 0 Å². The zero-order valence-corrected chi connectivity index (χ0v) is 19.5. The summed E-state index contributed by atoms with van der Waals surface area (Å²) in [4.78, 5) is 4.35. The number of hydrogen-bond donors (Lipinski definition) is 2. The maximum atomic E-state index is 13.0. The lowest BCUT2D eigenvalue weighted by atomic mass is 9.95. The number of benzene rings is 1. The minimum atomic E-state index is -0.240. The Morgan fingerprint density at radius 1 is 1.29 bits per heavy atom. The third-order valence-electron chi connectivity index (χ3n) is 4.93. The minimum absolute atomic E-state index is 0. The van der Waals surface area contributed by atoms with E-state index >= 15 is 0 Å². The van der Waals surface area contributed by atoms with Crippen molar-refractivity contribution in [2.24, 2.45) is 4.99 Å². The van der Waals surface area contributed by atoms with Gasteiger partial charge >= 0.3 is 0 Å². The van der Waals surface area contributed by atoms with Crippen molar-refractivity contribution in [3.63, 3.8) is 0 Å². The van der Waals surface area contributed by atoms with Crippen LogP contribution < -0.4 is 10.6 Å². The first-order valence-electron chi connectivity index (χ1n) is 9.48. The topological polar surface area (TPSA) is 54.2 Å². The summed E-state index contributed by atoms with van der Waals surface area (Å²) in [6.07, 6.45) is 9.91. The van der Waals surface area contributed by atoms with E-state index in [1.807, 2.05) is 31.1 Å². The van der Waals surface area contributed by atoms with Crippen LogP contribution in [0.15, 0.2) is 41.5 Å². The number of thioether (sulfide) groups is 1. The molecule has 0 bridgehead atoms. The summed E-state index contributed by atoms with van der Waals surface area (Å²) in [5, 5.41) is 12.3. The second-order valence-corrected chi connectivity index (χ2v) is 7.98. The molecule has 2 unspecified atom stereocenters. The van der Waals surface area contributed by atoms with Crippen LogP contribution in [0.4, 0.5) is 4.39 Å². The summed E-state index contributed by atoms with van der Waals surface area (Å²) in [7, 11) is 1.81. The van der Waals surface area contributed by atoms with Gasteiger partial charge in [0.25, 0.3) is 0 Å². The summed E-state index contributed by atoms with van der Waals surface area (Å²) in [5.41, 5.74) is 1.84. The number of hydrogen-bond acceptors (Lipinski definition) is 3. The molecule has 1 aromatic heterocycles. The maximum absolute atomic E-state index is 13.0. The average Bonchev–Trinajstić information content (AvgIpc) is 3.16. The Kier molecular flexibility index (Phi) is 9.57. The summed E-state index contributed by atoms with van der Waals surface area (Å²) in [6, 6.07) is 8.83. The third kappa shape index (κ3) is 6.65. The molecule has 0 amide bonds. The molecular formula is C20H29FIN5S. The van der Waals surface area contributed by atoms with E-state index in [2.05, 4.69) is 27.0 Å². The Balaban J connectivity index is 0.00000280. The molecule has 0 saturated heterocycles. The van der Waals surface area contributed by atoms with Crippen LogP contribution in [0.2, 0.25) is 0 Å². The lowest BCUT2D eigenvalue weighted by molar-refractivity contribution is 0.419. The van der Waals surface area contributed by atoms with Crippen molar-refractivity contribution >= 4 is 41.7 Å². The van der Waals surface area contributed by atoms with Crippen molar-refractivity contribution in [1.29, 1.82) is 0 Å². The average molecular weight is 517 g/mol. The summed E-state index contributed by atoms with van der Waals surface area (Å²) < 4.78 is 14.8. The quantitative estimate of drug-likeness (QED) is 0.346. The van der Waals surface area contributed by atoms with Crippen LogP contribution in [0.5, 0.6) is 0 Å². The molecule has 0 spiro atoms. The highest BCUT2D eigenvalue weighted by atomic mass is 127. The molecule has 0 radical (unpaired) electrons. The molecule has 1 heterocycles. The second kappa shape index (κ2) is 11.6. The standard InChI is InChI=1S/C20H28FN5S.HI/c1-22-20(24-17-4-3-5-19(14-17)27-2)23-12-10-16-11-13-26(25-16)18-8-6-15(21)7-9-18;/h6-9,11,13,17,19H,3-5,10,12,14H2,1-2H3,(H2,22,23,24);1H. The van der Waals surface area contributed by atoms with Crippen molar-refractivity contribution < 1.29 is 4.39 Å². The zero-order valence-electron chi connectivity index (χ0n) is 16.4. The molecule has 3 rings (SSSR count). The Hall–Kier alpha value is -1.29. The normalized spacial score (nSPS) is 19.8. The molecule has 2 atom stereocenters. The van der Waals surface area contributed by atoms with E-state index in [4.69, 9.17) is 0 Å². The van der Waals surface area contributed by atoms with Gasteiger partial charge in [-0.2, -0.15) is 16.9 Å². The van der Waals surface area contributed by atoms with Gasteiger partial charge in [-0.05, 0) is 55.9 Å². The molecule has 1 saturated carbocycles. The third-order valence-corrected chi connectivity index (χ3v) is 6.03. The van der Waals surface area contributed by atoms with Gasteiger partial charge in [0, 0.05) is 37.5 Å². The number of guanidine groups is 1. The van der Waals surface area contributed by atoms with Crippen LogP contribution in [-0.2, 0) is 6.42 Å². The molecule has 154 valence electrons. The van der Waals surface area contributed by atoms with Crippen LogP contribution in [-0.4, -0.2) is 46.9 Å². The van der Waals surface area contributed by atoms with E-state index in [9.17, 15) is 4.39 Å². The molecule has 28 heavy (non-hydrogen) atoms. The van der Waals surface area contributed by atoms with Crippen LogP contribution in [0, 0.1) is 5.82 Å². The number of nitrogens with one attached hydrogen (secondary N) is 2. The van der Waals surface area contributed by atoms with E-state index in [1.54, 1.807) is 16.8 Å². The smallest absolute Gasteiger partial charge is 0.191 e. The fourth-order valence-corrected chi connectivity index (χ4v) is 4.25. The van der Waals surface area contributed by atoms with Gasteiger partial charge < -0.3 is 10.6 Å². The monoisotopic (exact) mass is 517 g/mol. The number of rotatable bonds is 6. The highest BCUT2D eigenvalue weighted by Gasteiger charge is 2.21. The minimum Gasteiger partial charge on any atom is -0.356 e. The van der Waals surface area contributed by atoms with Gasteiger partial charge in [0.2, 0.25) is 0 Å². The molecular weight excluding hydrogens is 488 g/mol. The first kappa shape index (κ1) is 23.0. The predicted molar refractivity (Wildman–Crippen MR) is 127 cm³/mol. The Morgan fingerprint density at radius 2 is 2.07 bits per heavy atom. The number of halogens is 2. The molecule has 1 fully saturated rings. The molecule has 1 aromatic carbocycles. The van der Waals surface area contributed by atoms with Crippen molar-refractivity contribution in [2.45, 2.75) is 43.4 Å². The van der Waals surface area contributed by atoms with Gasteiger partial charge in [-0.3, -0.25) is 4.99 Å². The Bertz CT molecular complexity index is 749. The molecule has 2 N–H and O–H groups in total. The molecule has 8 heteroatoms. The fourth-order valence-electron chi connectivity index (χ4n) is 3.42. The van der Waals surface area contributed by atoms with Crippen molar-refractivity contribution in [1.82, 2.24) is 20.4 Å². The van der Waals surface area contributed by atoms with E-state index in [0.29, 0.717) is 6.04 Å². The summed E-state index contributed by atoms with van der Waals surface area (Å²) >= 11 is 1.97. The summed E-state index contributed by atoms with van der Waals surface area (Å²) in [6.45, 7) is 0.763. The van der Waals surface area contributed by atoms with Crippen LogP contribution >= 0.6 is 35.7 Å². The predicted octanol–water partition coefficient (Wildman–Crippen LogP) is 4.01. The molecule has 1 aliphatic carbocycles. The maximum Gasteiger partial charge on any atom is 0.191 e. The van der Waals surface area contributed by atoms with Gasteiger partial charge in [-0.15, -0.1) is 24.0 Å². The number of aliphatic imine (C=N–C) groups is 1. The highest BCUT2D eigenvalue weighted by Crippen LogP contribution is 2.26. The lowest BCUT2D eigenvalue weighted by Gasteiger charge is -2.29. The largest absolute Gasteiger partial charge is 0.356 e. The Labute approximate surface area is 188 Å². The molecule has 5 nitrogen and oxygen atoms in total. The molecule has 0 aliphatic heterocycles. The second-order valence-electron chi connectivity index (χ2n) is 6.84. The van der Waals surface area contributed by atoms with Gasteiger partial charge in [-0.25, -0.2) is 9.07 Å². The van der Waals surface area contributed by atoms with Gasteiger partial charge in [0.1, 0.15) is 5.82 Å². The van der Waals surface area contributed by atoms with Gasteiger partial charge in [0.05, 0.1) is 11.4 Å². The fraction of sp³-hybridized carbons (Fsp3) is 0.500. The molecule has 1 aliphatic rings. The number of aromatic nitrogens is 2. The van der Waals surface area contributed by atoms with E-state index < -0.39 is 0 Å². The van der Waals surface area contributed by atoms with Crippen LogP contribution in [0.1, 0.15) is 31.4 Å². The van der Waals surface area contributed by atoms with Crippen molar-refractivity contribution in [3.05, 3.63) is 48.0 Å². The van der Waals surface area contributed by atoms with Crippen molar-refractivity contribution in [3.8, 4) is 5.69 Å². The van der Waals surface area contributed by atoms with Crippen molar-refractivity contribution in [2.75, 3.05) is 19.8 Å². The Morgan fingerprint density at radius 3 is 2.79 bits per heavy atom. The van der Waals surface area contributed by atoms with Gasteiger partial charge in [-0.1, -0.05) is 6.42 Å². The van der Waals surface area contributed by atoms with E-state index in [-0.39, 0.29) is 29.8 Å². The lowest BCUT2D eigenvalue weighted by Crippen LogP contribution is -2.46. The number of nitrogens with zero attached hydrogens (tertiary/aromatic N) is 3. The SMILES string of the molecule is CN=C(NCCc1ccn(-c2ccc(F)cc2)n1)NC1CCCC(SC)C1.I. The molecule has 2 aromatic rings. The first-order valence-corrected chi connectivity index (χ1v) is 10.8. The summed E-state index contributed by atoms with van der Waals surface area (Å²) in [5.74, 6) is 0.621. The zero-order chi connectivity index (χ0) is 19.1. The van der Waals surface area contributed by atoms with E-state index in [0.717, 1.165) is 35.6 Å². The van der Waals surface area contributed by atoms with E-state index in [1.165, 1.54) is 37.8 Å². The van der Waals surface area contributed by atoms with Gasteiger partial charge in [0.15, 0.2) is 5.96 Å². The first-order chi connectivity index (χ1) is 13.2. The highest BCUT2D eigenvalue weighted by molar-refractivity contribution is 14.0. The van der Waals surface area contributed by atoms with Crippen LogP contribution in [0.25, 0.3) is 5.69 Å².